The Morgan fingerprint density at radius 2 is 1.72 bits per heavy atom. The maximum absolute atomic E-state index is 13.1. The van der Waals surface area contributed by atoms with Crippen LogP contribution in [0.5, 0.6) is 5.75 Å². The number of rotatable bonds is 5. The summed E-state index contributed by atoms with van der Waals surface area (Å²) >= 11 is 0. The molecule has 3 rings (SSSR count). The number of hydrogen-bond acceptors (Lipinski definition) is 4. The van der Waals surface area contributed by atoms with Gasteiger partial charge < -0.3 is 14.7 Å². The number of methoxy groups -OCH3 is 1. The highest BCUT2D eigenvalue weighted by Crippen LogP contribution is 2.25. The molecule has 0 saturated carbocycles. The van der Waals surface area contributed by atoms with Crippen molar-refractivity contribution in [3.63, 3.8) is 0 Å². The molecular formula is C20H25FN2O2. The molecule has 1 aliphatic heterocycles. The molecule has 2 atom stereocenters. The second kappa shape index (κ2) is 7.85. The summed E-state index contributed by atoms with van der Waals surface area (Å²) in [6.45, 7) is 5.56. The zero-order valence-electron chi connectivity index (χ0n) is 14.7. The average Bonchev–Trinajstić information content (AvgIpc) is 2.67. The summed E-state index contributed by atoms with van der Waals surface area (Å²) in [7, 11) is 1.68. The van der Waals surface area contributed by atoms with Crippen LogP contribution in [0, 0.1) is 5.82 Å². The van der Waals surface area contributed by atoms with Crippen molar-refractivity contribution in [2.24, 2.45) is 0 Å². The van der Waals surface area contributed by atoms with Crippen LogP contribution < -0.4 is 9.64 Å². The molecule has 1 aliphatic rings. The van der Waals surface area contributed by atoms with E-state index in [2.05, 4.69) is 15.9 Å². The molecule has 0 bridgehead atoms. The Balaban J connectivity index is 1.60. The van der Waals surface area contributed by atoms with Crippen molar-refractivity contribution < 1.29 is 14.2 Å². The van der Waals surface area contributed by atoms with Crippen LogP contribution in [0.25, 0.3) is 0 Å². The highest BCUT2D eigenvalue weighted by Gasteiger charge is 2.26. The predicted molar refractivity (Wildman–Crippen MR) is 97.6 cm³/mol. The van der Waals surface area contributed by atoms with Crippen molar-refractivity contribution in [2.75, 3.05) is 38.2 Å². The van der Waals surface area contributed by atoms with Gasteiger partial charge in [0.25, 0.3) is 0 Å². The van der Waals surface area contributed by atoms with Crippen LogP contribution in [0.4, 0.5) is 10.1 Å². The maximum Gasteiger partial charge on any atom is 0.123 e. The highest BCUT2D eigenvalue weighted by atomic mass is 19.1. The van der Waals surface area contributed by atoms with E-state index in [1.54, 1.807) is 19.2 Å². The van der Waals surface area contributed by atoms with E-state index in [0.717, 1.165) is 43.2 Å². The quantitative estimate of drug-likeness (QED) is 0.904. The van der Waals surface area contributed by atoms with Crippen LogP contribution in [0.3, 0.4) is 0 Å². The van der Waals surface area contributed by atoms with Gasteiger partial charge in [-0.1, -0.05) is 18.2 Å². The normalized spacial score (nSPS) is 18.0. The average molecular weight is 344 g/mol. The summed E-state index contributed by atoms with van der Waals surface area (Å²) in [6, 6.07) is 14.2. The topological polar surface area (TPSA) is 35.9 Å². The standard InChI is InChI=1S/C20H25FN2O2/c1-15(20(24)16-6-8-17(21)9-7-16)22-10-12-23(13-11-22)18-4-3-5-19(14-18)25-2/h3-9,14-15,20,24H,10-13H2,1-2H3. The Bertz CT molecular complexity index is 684. The summed E-state index contributed by atoms with van der Waals surface area (Å²) in [6.07, 6.45) is -0.621. The molecule has 2 unspecified atom stereocenters. The van der Waals surface area contributed by atoms with Gasteiger partial charge in [-0.15, -0.1) is 0 Å². The Labute approximate surface area is 148 Å². The number of ether oxygens (including phenoxy) is 1. The van der Waals surface area contributed by atoms with E-state index in [4.69, 9.17) is 4.74 Å². The summed E-state index contributed by atoms with van der Waals surface area (Å²) < 4.78 is 18.4. The van der Waals surface area contributed by atoms with E-state index in [1.165, 1.54) is 12.1 Å². The molecule has 0 aromatic heterocycles. The summed E-state index contributed by atoms with van der Waals surface area (Å²) in [4.78, 5) is 4.61. The minimum Gasteiger partial charge on any atom is -0.497 e. The number of nitrogens with zero attached hydrogens (tertiary/aromatic N) is 2. The van der Waals surface area contributed by atoms with Gasteiger partial charge in [0.2, 0.25) is 0 Å². The first kappa shape index (κ1) is 17.7. The van der Waals surface area contributed by atoms with Crippen LogP contribution in [-0.2, 0) is 0 Å². The number of benzene rings is 2. The third-order valence-corrected chi connectivity index (χ3v) is 4.98. The second-order valence-electron chi connectivity index (χ2n) is 6.46. The summed E-state index contributed by atoms with van der Waals surface area (Å²) in [5.74, 6) is 0.579. The monoisotopic (exact) mass is 344 g/mol. The molecule has 1 N–H and O–H groups in total. The molecule has 1 fully saturated rings. The first-order valence-corrected chi connectivity index (χ1v) is 8.65. The smallest absolute Gasteiger partial charge is 0.123 e. The van der Waals surface area contributed by atoms with Gasteiger partial charge in [0, 0.05) is 44.0 Å². The fourth-order valence-corrected chi connectivity index (χ4v) is 3.33. The van der Waals surface area contributed by atoms with Gasteiger partial charge in [0.1, 0.15) is 11.6 Å². The third-order valence-electron chi connectivity index (χ3n) is 4.98. The van der Waals surface area contributed by atoms with Crippen molar-refractivity contribution in [1.29, 1.82) is 0 Å². The Morgan fingerprint density at radius 1 is 1.04 bits per heavy atom. The molecule has 0 spiro atoms. The molecular weight excluding hydrogens is 319 g/mol. The molecule has 134 valence electrons. The zero-order valence-corrected chi connectivity index (χ0v) is 14.7. The lowest BCUT2D eigenvalue weighted by molar-refractivity contribution is 0.0545. The second-order valence-corrected chi connectivity index (χ2v) is 6.46. The van der Waals surface area contributed by atoms with Crippen LogP contribution in [0.2, 0.25) is 0 Å². The van der Waals surface area contributed by atoms with Gasteiger partial charge in [-0.05, 0) is 36.8 Å². The van der Waals surface area contributed by atoms with E-state index in [-0.39, 0.29) is 11.9 Å². The largest absolute Gasteiger partial charge is 0.497 e. The molecule has 25 heavy (non-hydrogen) atoms. The number of aliphatic hydroxyl groups is 1. The van der Waals surface area contributed by atoms with Gasteiger partial charge in [0.05, 0.1) is 13.2 Å². The minimum atomic E-state index is -0.621. The number of piperazine rings is 1. The SMILES string of the molecule is COc1cccc(N2CCN(C(C)C(O)c3ccc(F)cc3)CC2)c1. The molecule has 0 amide bonds. The van der Waals surface area contributed by atoms with Crippen LogP contribution in [0.1, 0.15) is 18.6 Å². The molecule has 2 aromatic rings. The van der Waals surface area contributed by atoms with Crippen molar-refractivity contribution in [3.05, 3.63) is 59.9 Å². The summed E-state index contributed by atoms with van der Waals surface area (Å²) in [5, 5.41) is 10.6. The number of hydrogen-bond donors (Lipinski definition) is 1. The van der Waals surface area contributed by atoms with E-state index in [9.17, 15) is 9.50 Å². The third kappa shape index (κ3) is 4.11. The van der Waals surface area contributed by atoms with Crippen molar-refractivity contribution in [1.82, 2.24) is 4.90 Å². The summed E-state index contributed by atoms with van der Waals surface area (Å²) in [5.41, 5.74) is 1.91. The van der Waals surface area contributed by atoms with Crippen molar-refractivity contribution in [3.8, 4) is 5.75 Å². The molecule has 4 nitrogen and oxygen atoms in total. The van der Waals surface area contributed by atoms with E-state index < -0.39 is 6.10 Å². The van der Waals surface area contributed by atoms with Gasteiger partial charge in [-0.25, -0.2) is 4.39 Å². The molecule has 2 aromatic carbocycles. The van der Waals surface area contributed by atoms with Gasteiger partial charge >= 0.3 is 0 Å². The van der Waals surface area contributed by atoms with Crippen LogP contribution in [-0.4, -0.2) is 49.3 Å². The zero-order chi connectivity index (χ0) is 17.8. The predicted octanol–water partition coefficient (Wildman–Crippen LogP) is 3.08. The number of anilines is 1. The highest BCUT2D eigenvalue weighted by molar-refractivity contribution is 5.51. The first-order valence-electron chi connectivity index (χ1n) is 8.65. The number of halogens is 1. The van der Waals surface area contributed by atoms with Gasteiger partial charge in [0.15, 0.2) is 0 Å². The molecule has 5 heteroatoms. The molecule has 0 aliphatic carbocycles. The van der Waals surface area contributed by atoms with Crippen molar-refractivity contribution >= 4 is 5.69 Å². The molecule has 1 heterocycles. The fraction of sp³-hybridized carbons (Fsp3) is 0.400. The maximum atomic E-state index is 13.1. The first-order chi connectivity index (χ1) is 12.1. The lowest BCUT2D eigenvalue weighted by Gasteiger charge is -2.40. The fourth-order valence-electron chi connectivity index (χ4n) is 3.33. The molecule has 1 saturated heterocycles. The minimum absolute atomic E-state index is 0.0158. The van der Waals surface area contributed by atoms with Gasteiger partial charge in [-0.3, -0.25) is 4.90 Å². The van der Waals surface area contributed by atoms with Crippen LogP contribution in [0.15, 0.2) is 48.5 Å². The van der Waals surface area contributed by atoms with Crippen LogP contribution >= 0.6 is 0 Å². The van der Waals surface area contributed by atoms with Crippen molar-refractivity contribution in [2.45, 2.75) is 19.1 Å². The van der Waals surface area contributed by atoms with E-state index in [1.807, 2.05) is 25.1 Å². The molecule has 0 radical (unpaired) electrons. The Morgan fingerprint density at radius 3 is 2.36 bits per heavy atom. The number of aliphatic hydroxyl groups excluding tert-OH is 1. The lowest BCUT2D eigenvalue weighted by Crippen LogP contribution is -2.51. The van der Waals surface area contributed by atoms with E-state index >= 15 is 0 Å². The Hall–Kier alpha value is -2.11. The lowest BCUT2D eigenvalue weighted by atomic mass is 10.0. The van der Waals surface area contributed by atoms with E-state index in [0.29, 0.717) is 0 Å². The van der Waals surface area contributed by atoms with Gasteiger partial charge in [-0.2, -0.15) is 0 Å². The Kier molecular flexibility index (Phi) is 5.56.